The highest BCUT2D eigenvalue weighted by atomic mass is 32.2. The van der Waals surface area contributed by atoms with Gasteiger partial charge in [0.2, 0.25) is 10.0 Å². The van der Waals surface area contributed by atoms with Crippen LogP contribution in [-0.2, 0) is 16.4 Å². The number of ketones is 1. The van der Waals surface area contributed by atoms with Crippen molar-refractivity contribution in [2.45, 2.75) is 18.0 Å². The highest BCUT2D eigenvalue weighted by molar-refractivity contribution is 7.99. The maximum atomic E-state index is 12.4. The number of hydrogen-bond acceptors (Lipinski definition) is 6. The first-order chi connectivity index (χ1) is 11.4. The molecule has 0 saturated carbocycles. The van der Waals surface area contributed by atoms with Crippen LogP contribution in [0.2, 0.25) is 0 Å². The molecule has 2 heterocycles. The van der Waals surface area contributed by atoms with Crippen molar-refractivity contribution in [2.75, 3.05) is 22.9 Å². The molecular weight excluding hydrogens is 346 g/mol. The van der Waals surface area contributed by atoms with E-state index in [2.05, 4.69) is 9.97 Å². The highest BCUT2D eigenvalue weighted by Gasteiger charge is 2.24. The van der Waals surface area contributed by atoms with E-state index >= 15 is 0 Å². The molecule has 0 N–H and O–H groups in total. The van der Waals surface area contributed by atoms with Gasteiger partial charge in [-0.2, -0.15) is 0 Å². The van der Waals surface area contributed by atoms with Crippen LogP contribution in [-0.4, -0.2) is 42.7 Å². The van der Waals surface area contributed by atoms with Gasteiger partial charge in [-0.25, -0.2) is 18.4 Å². The highest BCUT2D eigenvalue weighted by Crippen LogP contribution is 2.30. The van der Waals surface area contributed by atoms with Gasteiger partial charge in [-0.3, -0.25) is 9.10 Å². The van der Waals surface area contributed by atoms with Gasteiger partial charge in [0.15, 0.2) is 10.9 Å². The number of aromatic nitrogens is 2. The summed E-state index contributed by atoms with van der Waals surface area (Å²) >= 11 is 1.29. The third-order valence-electron chi connectivity index (χ3n) is 3.75. The summed E-state index contributed by atoms with van der Waals surface area (Å²) in [4.78, 5) is 20.5. The van der Waals surface area contributed by atoms with Crippen molar-refractivity contribution in [3.63, 3.8) is 0 Å². The van der Waals surface area contributed by atoms with Gasteiger partial charge in [0.1, 0.15) is 0 Å². The Labute approximate surface area is 145 Å². The largest absolute Gasteiger partial charge is 0.293 e. The van der Waals surface area contributed by atoms with E-state index in [0.717, 1.165) is 18.4 Å². The second-order valence-corrected chi connectivity index (χ2v) is 8.37. The number of aryl methyl sites for hydroxylation is 1. The second kappa shape index (κ2) is 6.90. The van der Waals surface area contributed by atoms with E-state index in [1.165, 1.54) is 22.3 Å². The molecule has 1 aromatic heterocycles. The SMILES string of the molecule is CS(=O)(=O)N1CCCc2cc(C(=O)CSc3ncccn3)ccc21. The molecule has 8 heteroatoms. The van der Waals surface area contributed by atoms with Crippen LogP contribution in [0.4, 0.5) is 5.69 Å². The lowest BCUT2D eigenvalue weighted by Crippen LogP contribution is -2.34. The fraction of sp³-hybridized carbons (Fsp3) is 0.312. The molecule has 0 atom stereocenters. The number of rotatable bonds is 5. The van der Waals surface area contributed by atoms with E-state index in [0.29, 0.717) is 23.0 Å². The number of benzene rings is 1. The Bertz CT molecular complexity index is 854. The van der Waals surface area contributed by atoms with Crippen molar-refractivity contribution in [1.82, 2.24) is 9.97 Å². The van der Waals surface area contributed by atoms with Crippen LogP contribution in [0.5, 0.6) is 0 Å². The Hall–Kier alpha value is -1.93. The molecule has 0 unspecified atom stereocenters. The molecule has 1 aromatic carbocycles. The Balaban J connectivity index is 1.77. The molecule has 0 aliphatic carbocycles. The first-order valence-corrected chi connectivity index (χ1v) is 10.3. The minimum absolute atomic E-state index is 0.0215. The normalized spacial score (nSPS) is 14.3. The zero-order valence-corrected chi connectivity index (χ0v) is 14.8. The number of thioether (sulfide) groups is 1. The fourth-order valence-electron chi connectivity index (χ4n) is 2.65. The minimum Gasteiger partial charge on any atom is -0.293 e. The molecule has 6 nitrogen and oxygen atoms in total. The van der Waals surface area contributed by atoms with Crippen LogP contribution in [0, 0.1) is 0 Å². The number of fused-ring (bicyclic) bond motifs is 1. The molecule has 1 aliphatic rings. The van der Waals surface area contributed by atoms with Crippen LogP contribution in [0.15, 0.2) is 41.8 Å². The summed E-state index contributed by atoms with van der Waals surface area (Å²) < 4.78 is 25.1. The van der Waals surface area contributed by atoms with Crippen molar-refractivity contribution < 1.29 is 13.2 Å². The van der Waals surface area contributed by atoms with E-state index in [-0.39, 0.29) is 11.5 Å². The van der Waals surface area contributed by atoms with Crippen molar-refractivity contribution in [3.8, 4) is 0 Å². The van der Waals surface area contributed by atoms with Crippen molar-refractivity contribution in [3.05, 3.63) is 47.8 Å². The Kier molecular flexibility index (Phi) is 4.86. The van der Waals surface area contributed by atoms with Gasteiger partial charge >= 0.3 is 0 Å². The third-order valence-corrected chi connectivity index (χ3v) is 5.81. The van der Waals surface area contributed by atoms with Crippen molar-refractivity contribution >= 4 is 33.3 Å². The van der Waals surface area contributed by atoms with Gasteiger partial charge in [-0.15, -0.1) is 0 Å². The van der Waals surface area contributed by atoms with Crippen LogP contribution < -0.4 is 4.31 Å². The molecular formula is C16H17N3O3S2. The summed E-state index contributed by atoms with van der Waals surface area (Å²) in [5.74, 6) is 0.227. The number of Topliss-reactive ketones (excluding diaryl/α,β-unsaturated/α-hetero) is 1. The molecule has 1 aliphatic heterocycles. The molecule has 2 aromatic rings. The molecule has 0 amide bonds. The van der Waals surface area contributed by atoms with E-state index < -0.39 is 10.0 Å². The lowest BCUT2D eigenvalue weighted by atomic mass is 9.99. The standard InChI is InChI=1S/C16H17N3O3S2/c1-24(21,22)19-9-2-4-12-10-13(5-6-14(12)19)15(20)11-23-16-17-7-3-8-18-16/h3,5-8,10H,2,4,9,11H2,1H3. The maximum Gasteiger partial charge on any atom is 0.232 e. The fourth-order valence-corrected chi connectivity index (χ4v) is 4.35. The van der Waals surface area contributed by atoms with Crippen LogP contribution >= 0.6 is 11.8 Å². The van der Waals surface area contributed by atoms with Crippen molar-refractivity contribution in [2.24, 2.45) is 0 Å². The van der Waals surface area contributed by atoms with E-state index in [1.54, 1.807) is 36.7 Å². The summed E-state index contributed by atoms with van der Waals surface area (Å²) in [5.41, 5.74) is 2.17. The summed E-state index contributed by atoms with van der Waals surface area (Å²) in [5, 5.41) is 0.562. The smallest absolute Gasteiger partial charge is 0.232 e. The van der Waals surface area contributed by atoms with Gasteiger partial charge < -0.3 is 0 Å². The Morgan fingerprint density at radius 3 is 2.75 bits per heavy atom. The molecule has 0 radical (unpaired) electrons. The van der Waals surface area contributed by atoms with Gasteiger partial charge in [-0.1, -0.05) is 11.8 Å². The zero-order chi connectivity index (χ0) is 17.2. The molecule has 126 valence electrons. The number of carbonyl (C=O) groups is 1. The molecule has 24 heavy (non-hydrogen) atoms. The lowest BCUT2D eigenvalue weighted by Gasteiger charge is -2.29. The summed E-state index contributed by atoms with van der Waals surface area (Å²) in [6.45, 7) is 0.486. The molecule has 0 bridgehead atoms. The lowest BCUT2D eigenvalue weighted by molar-refractivity contribution is 0.102. The molecule has 0 fully saturated rings. The first-order valence-electron chi connectivity index (χ1n) is 7.49. The van der Waals surface area contributed by atoms with E-state index in [4.69, 9.17) is 0 Å². The maximum absolute atomic E-state index is 12.4. The summed E-state index contributed by atoms with van der Waals surface area (Å²) in [7, 11) is -3.29. The van der Waals surface area contributed by atoms with Gasteiger partial charge in [0.25, 0.3) is 0 Å². The number of hydrogen-bond donors (Lipinski definition) is 0. The van der Waals surface area contributed by atoms with Crippen LogP contribution in [0.3, 0.4) is 0 Å². The summed E-state index contributed by atoms with van der Waals surface area (Å²) in [6, 6.07) is 6.95. The molecule has 3 rings (SSSR count). The minimum atomic E-state index is -3.29. The summed E-state index contributed by atoms with van der Waals surface area (Å²) in [6.07, 6.45) is 6.01. The van der Waals surface area contributed by atoms with Gasteiger partial charge in [0.05, 0.1) is 17.7 Å². The Morgan fingerprint density at radius 1 is 1.29 bits per heavy atom. The topological polar surface area (TPSA) is 80.2 Å². The zero-order valence-electron chi connectivity index (χ0n) is 13.2. The van der Waals surface area contributed by atoms with Crippen LogP contribution in [0.25, 0.3) is 0 Å². The second-order valence-electron chi connectivity index (χ2n) is 5.53. The number of nitrogens with zero attached hydrogens (tertiary/aromatic N) is 3. The van der Waals surface area contributed by atoms with Gasteiger partial charge in [-0.05, 0) is 42.7 Å². The van der Waals surface area contributed by atoms with E-state index in [1.807, 2.05) is 0 Å². The van der Waals surface area contributed by atoms with Crippen LogP contribution in [0.1, 0.15) is 22.3 Å². The third kappa shape index (κ3) is 3.76. The number of carbonyl (C=O) groups excluding carboxylic acids is 1. The monoisotopic (exact) mass is 363 g/mol. The van der Waals surface area contributed by atoms with Crippen molar-refractivity contribution in [1.29, 1.82) is 0 Å². The number of anilines is 1. The molecule has 0 spiro atoms. The predicted molar refractivity (Wildman–Crippen MR) is 94.0 cm³/mol. The quantitative estimate of drug-likeness (QED) is 0.460. The van der Waals surface area contributed by atoms with E-state index in [9.17, 15) is 13.2 Å². The Morgan fingerprint density at radius 2 is 2.04 bits per heavy atom. The number of sulfonamides is 1. The van der Waals surface area contributed by atoms with Gasteiger partial charge in [0, 0.05) is 24.5 Å². The average molecular weight is 363 g/mol. The average Bonchev–Trinajstić information content (AvgIpc) is 2.58. The first kappa shape index (κ1) is 16.9. The molecule has 0 saturated heterocycles. The predicted octanol–water partition coefficient (Wildman–Crippen LogP) is 2.16.